The van der Waals surface area contributed by atoms with Crippen LogP contribution in [0.5, 0.6) is 0 Å². The van der Waals surface area contributed by atoms with Crippen molar-refractivity contribution in [2.75, 3.05) is 0 Å². The van der Waals surface area contributed by atoms with Gasteiger partial charge in [-0.15, -0.1) is 0 Å². The van der Waals surface area contributed by atoms with E-state index < -0.39 is 0 Å². The quantitative estimate of drug-likeness (QED) is 0.655. The van der Waals surface area contributed by atoms with Crippen LogP contribution in [0.25, 0.3) is 5.57 Å². The number of rotatable bonds is 4. The molecule has 0 nitrogen and oxygen atoms in total. The van der Waals surface area contributed by atoms with E-state index in [2.05, 4.69) is 58.0 Å². The molecule has 0 heteroatoms. The van der Waals surface area contributed by atoms with Gasteiger partial charge in [0.1, 0.15) is 0 Å². The Hall–Kier alpha value is -1.04. The van der Waals surface area contributed by atoms with Crippen molar-refractivity contribution in [3.05, 3.63) is 41.5 Å². The molecule has 0 bridgehead atoms. The average molecular weight is 202 g/mol. The second-order valence-electron chi connectivity index (χ2n) is 4.72. The topological polar surface area (TPSA) is 0 Å². The number of benzene rings is 1. The number of allylic oxidation sites excluding steroid dienone is 2. The molecule has 0 aliphatic rings. The maximum absolute atomic E-state index is 2.35. The molecule has 1 aromatic carbocycles. The molecule has 0 atom stereocenters. The van der Waals surface area contributed by atoms with Crippen molar-refractivity contribution in [3.8, 4) is 0 Å². The summed E-state index contributed by atoms with van der Waals surface area (Å²) in [6, 6.07) is 8.76. The van der Waals surface area contributed by atoms with Crippen LogP contribution >= 0.6 is 0 Å². The minimum absolute atomic E-state index is 0.798. The van der Waals surface area contributed by atoms with Gasteiger partial charge in [0.25, 0.3) is 0 Å². The lowest BCUT2D eigenvalue weighted by Crippen LogP contribution is -1.85. The lowest BCUT2D eigenvalue weighted by Gasteiger charge is -2.04. The van der Waals surface area contributed by atoms with Crippen LogP contribution in [-0.4, -0.2) is 0 Å². The van der Waals surface area contributed by atoms with Gasteiger partial charge >= 0.3 is 0 Å². The summed E-state index contributed by atoms with van der Waals surface area (Å²) < 4.78 is 0. The fraction of sp³-hybridized carbons (Fsp3) is 0.467. The second kappa shape index (κ2) is 5.75. The fourth-order valence-electron chi connectivity index (χ4n) is 1.57. The van der Waals surface area contributed by atoms with Crippen molar-refractivity contribution in [1.29, 1.82) is 0 Å². The van der Waals surface area contributed by atoms with Crippen LogP contribution in [0.2, 0.25) is 0 Å². The molecule has 0 aromatic heterocycles. The van der Waals surface area contributed by atoms with Gasteiger partial charge < -0.3 is 0 Å². The van der Waals surface area contributed by atoms with Crippen molar-refractivity contribution in [1.82, 2.24) is 0 Å². The molecule has 0 fully saturated rings. The molecule has 1 aromatic rings. The molecule has 0 saturated carbocycles. The Morgan fingerprint density at radius 2 is 1.80 bits per heavy atom. The summed E-state index contributed by atoms with van der Waals surface area (Å²) in [4.78, 5) is 0. The van der Waals surface area contributed by atoms with Gasteiger partial charge in [0.05, 0.1) is 0 Å². The van der Waals surface area contributed by atoms with Gasteiger partial charge in [0, 0.05) is 0 Å². The monoisotopic (exact) mass is 202 g/mol. The molecule has 0 spiro atoms. The van der Waals surface area contributed by atoms with Crippen LogP contribution < -0.4 is 0 Å². The van der Waals surface area contributed by atoms with Crippen LogP contribution in [0.15, 0.2) is 30.3 Å². The normalized spacial score (nSPS) is 12.2. The van der Waals surface area contributed by atoms with Crippen LogP contribution in [0.1, 0.15) is 44.7 Å². The van der Waals surface area contributed by atoms with Crippen LogP contribution in [0.3, 0.4) is 0 Å². The van der Waals surface area contributed by atoms with Crippen molar-refractivity contribution in [3.63, 3.8) is 0 Å². The summed E-state index contributed by atoms with van der Waals surface area (Å²) >= 11 is 0. The highest BCUT2D eigenvalue weighted by Gasteiger charge is 1.96. The highest BCUT2D eigenvalue weighted by Crippen LogP contribution is 2.16. The summed E-state index contributed by atoms with van der Waals surface area (Å²) in [5, 5.41) is 0. The molecule has 0 aliphatic carbocycles. The molecule has 0 heterocycles. The van der Waals surface area contributed by atoms with E-state index in [1.165, 1.54) is 29.5 Å². The first-order valence-corrected chi connectivity index (χ1v) is 5.83. The van der Waals surface area contributed by atoms with E-state index >= 15 is 0 Å². The number of hydrogen-bond acceptors (Lipinski definition) is 0. The Morgan fingerprint density at radius 1 is 1.20 bits per heavy atom. The zero-order valence-electron chi connectivity index (χ0n) is 10.4. The molecule has 0 N–H and O–H groups in total. The van der Waals surface area contributed by atoms with Gasteiger partial charge in [0.2, 0.25) is 0 Å². The largest absolute Gasteiger partial charge is 0.0810 e. The summed E-state index contributed by atoms with van der Waals surface area (Å²) in [5.74, 6) is 0.798. The molecule has 15 heavy (non-hydrogen) atoms. The van der Waals surface area contributed by atoms with Gasteiger partial charge in [0.15, 0.2) is 0 Å². The van der Waals surface area contributed by atoms with Crippen molar-refractivity contribution in [2.24, 2.45) is 5.92 Å². The Bertz CT molecular complexity index is 314. The Balaban J connectivity index is 2.59. The molecule has 0 radical (unpaired) electrons. The van der Waals surface area contributed by atoms with E-state index in [1.807, 2.05) is 0 Å². The molecule has 0 amide bonds. The van der Waals surface area contributed by atoms with E-state index in [1.54, 1.807) is 0 Å². The molecule has 1 rings (SSSR count). The van der Waals surface area contributed by atoms with Crippen LogP contribution in [0.4, 0.5) is 0 Å². The van der Waals surface area contributed by atoms with E-state index in [4.69, 9.17) is 0 Å². The minimum atomic E-state index is 0.798. The van der Waals surface area contributed by atoms with Gasteiger partial charge in [-0.25, -0.2) is 0 Å². The maximum atomic E-state index is 2.35. The van der Waals surface area contributed by atoms with E-state index in [0.29, 0.717) is 0 Å². The average Bonchev–Trinajstić information content (AvgIpc) is 2.18. The summed E-state index contributed by atoms with van der Waals surface area (Å²) in [5.41, 5.74) is 4.08. The predicted molar refractivity (Wildman–Crippen MR) is 68.9 cm³/mol. The lowest BCUT2D eigenvalue weighted by atomic mass is 10.0. The second-order valence-corrected chi connectivity index (χ2v) is 4.72. The zero-order valence-corrected chi connectivity index (χ0v) is 10.4. The molecular weight excluding hydrogens is 180 g/mol. The number of aryl methyl sites for hydroxylation is 1. The third kappa shape index (κ3) is 4.33. The zero-order chi connectivity index (χ0) is 11.3. The fourth-order valence-corrected chi connectivity index (χ4v) is 1.57. The maximum Gasteiger partial charge on any atom is -0.0230 e. The Morgan fingerprint density at radius 3 is 2.33 bits per heavy atom. The van der Waals surface area contributed by atoms with Gasteiger partial charge in [-0.1, -0.05) is 49.8 Å². The van der Waals surface area contributed by atoms with Gasteiger partial charge in [-0.2, -0.15) is 0 Å². The molecule has 82 valence electrons. The van der Waals surface area contributed by atoms with Crippen molar-refractivity contribution < 1.29 is 0 Å². The summed E-state index contributed by atoms with van der Waals surface area (Å²) in [6.07, 6.45) is 4.82. The van der Waals surface area contributed by atoms with Gasteiger partial charge in [-0.05, 0) is 43.7 Å². The third-order valence-electron chi connectivity index (χ3n) is 2.70. The third-order valence-corrected chi connectivity index (χ3v) is 2.70. The van der Waals surface area contributed by atoms with Gasteiger partial charge in [-0.3, -0.25) is 0 Å². The Kier molecular flexibility index (Phi) is 4.61. The summed E-state index contributed by atoms with van der Waals surface area (Å²) in [7, 11) is 0. The van der Waals surface area contributed by atoms with E-state index in [9.17, 15) is 0 Å². The number of hydrogen-bond donors (Lipinski definition) is 0. The SMILES string of the molecule is C/C(=C/CCC(C)C)c1ccc(C)cc1. The van der Waals surface area contributed by atoms with Crippen molar-refractivity contribution in [2.45, 2.75) is 40.5 Å². The molecular formula is C15H22. The smallest absolute Gasteiger partial charge is 0.0230 e. The summed E-state index contributed by atoms with van der Waals surface area (Å²) in [6.45, 7) is 8.87. The lowest BCUT2D eigenvalue weighted by molar-refractivity contribution is 0.594. The minimum Gasteiger partial charge on any atom is -0.0810 e. The van der Waals surface area contributed by atoms with E-state index in [0.717, 1.165) is 5.92 Å². The first kappa shape index (κ1) is 12.0. The highest BCUT2D eigenvalue weighted by molar-refractivity contribution is 5.63. The predicted octanol–water partition coefficient (Wildman–Crippen LogP) is 4.83. The first-order chi connectivity index (χ1) is 7.09. The van der Waals surface area contributed by atoms with E-state index in [-0.39, 0.29) is 0 Å². The van der Waals surface area contributed by atoms with Crippen LogP contribution in [-0.2, 0) is 0 Å². The molecule has 0 saturated heterocycles. The van der Waals surface area contributed by atoms with Crippen LogP contribution in [0, 0.1) is 12.8 Å². The highest BCUT2D eigenvalue weighted by atomic mass is 14.0. The standard InChI is InChI=1S/C15H22/c1-12(2)6-5-7-14(4)15-10-8-13(3)9-11-15/h7-12H,5-6H2,1-4H3/b14-7-. The first-order valence-electron chi connectivity index (χ1n) is 5.83. The molecule has 0 unspecified atom stereocenters. The van der Waals surface area contributed by atoms with Crippen molar-refractivity contribution >= 4 is 5.57 Å². The molecule has 0 aliphatic heterocycles. The Labute approximate surface area is 94.0 Å².